The number of rotatable bonds is 3. The Morgan fingerprint density at radius 3 is 2.89 bits per heavy atom. The van der Waals surface area contributed by atoms with Gasteiger partial charge in [-0.25, -0.2) is 0 Å². The first-order valence-electron chi connectivity index (χ1n) is 6.79. The molecule has 1 heterocycles. The molecule has 1 aliphatic heterocycles. The molecule has 0 radical (unpaired) electrons. The van der Waals surface area contributed by atoms with Gasteiger partial charge in [-0.3, -0.25) is 4.79 Å². The molecule has 0 amide bonds. The number of nitrogens with one attached hydrogen (secondary N) is 1. The molecule has 1 aliphatic carbocycles. The molecule has 1 saturated heterocycles. The maximum Gasteiger partial charge on any atom is 0.323 e. The molecule has 0 spiro atoms. The van der Waals surface area contributed by atoms with Gasteiger partial charge in [-0.15, -0.1) is 0 Å². The second-order valence-electron chi connectivity index (χ2n) is 5.35. The normalized spacial score (nSPS) is 30.1. The zero-order valence-electron chi connectivity index (χ0n) is 10.5. The zero-order valence-corrected chi connectivity index (χ0v) is 10.5. The van der Waals surface area contributed by atoms with Crippen LogP contribution >= 0.6 is 0 Å². The van der Waals surface area contributed by atoms with Crippen molar-refractivity contribution >= 4 is 5.97 Å². The van der Waals surface area contributed by atoms with Gasteiger partial charge in [-0.2, -0.15) is 0 Å². The van der Waals surface area contributed by atoms with Gasteiger partial charge >= 0.3 is 5.97 Å². The van der Waals surface area contributed by atoms with Gasteiger partial charge in [-0.05, 0) is 30.7 Å². The van der Waals surface area contributed by atoms with Gasteiger partial charge in [0, 0.05) is 6.04 Å². The quantitative estimate of drug-likeness (QED) is 0.830. The van der Waals surface area contributed by atoms with Gasteiger partial charge in [0.1, 0.15) is 12.6 Å². The van der Waals surface area contributed by atoms with Crippen LogP contribution in [0.1, 0.15) is 31.2 Å². The average Bonchev–Trinajstić information content (AvgIpc) is 2.98. The molecule has 2 aliphatic rings. The van der Waals surface area contributed by atoms with Crippen LogP contribution in [0.15, 0.2) is 30.3 Å². The fraction of sp³-hybridized carbons (Fsp3) is 0.533. The number of carbonyl (C=O) groups is 1. The summed E-state index contributed by atoms with van der Waals surface area (Å²) in [5.74, 6) is 0.604. The monoisotopic (exact) mass is 245 g/mol. The number of fused-ring (bicyclic) bond motifs is 1. The molecular formula is C15H19NO2. The van der Waals surface area contributed by atoms with Crippen LogP contribution in [-0.4, -0.2) is 18.1 Å². The molecule has 1 N–H and O–H groups in total. The Hall–Kier alpha value is -1.35. The molecule has 18 heavy (non-hydrogen) atoms. The summed E-state index contributed by atoms with van der Waals surface area (Å²) in [6.45, 7) is 0.382. The fourth-order valence-corrected chi connectivity index (χ4v) is 3.16. The van der Waals surface area contributed by atoms with E-state index in [1.54, 1.807) is 0 Å². The van der Waals surface area contributed by atoms with Gasteiger partial charge in [-0.1, -0.05) is 36.8 Å². The minimum absolute atomic E-state index is 0.0796. The van der Waals surface area contributed by atoms with E-state index in [2.05, 4.69) is 5.32 Å². The van der Waals surface area contributed by atoms with Crippen LogP contribution in [-0.2, 0) is 16.1 Å². The van der Waals surface area contributed by atoms with Crippen molar-refractivity contribution in [1.82, 2.24) is 5.32 Å². The van der Waals surface area contributed by atoms with E-state index in [0.717, 1.165) is 12.0 Å². The third-order valence-electron chi connectivity index (χ3n) is 4.12. The molecular weight excluding hydrogens is 226 g/mol. The number of ether oxygens (including phenoxy) is 1. The highest BCUT2D eigenvalue weighted by molar-refractivity contribution is 5.76. The van der Waals surface area contributed by atoms with Crippen molar-refractivity contribution in [2.45, 2.75) is 44.4 Å². The summed E-state index contributed by atoms with van der Waals surface area (Å²) in [5.41, 5.74) is 1.05. The van der Waals surface area contributed by atoms with Crippen molar-refractivity contribution in [2.75, 3.05) is 0 Å². The predicted molar refractivity (Wildman–Crippen MR) is 68.9 cm³/mol. The number of esters is 1. The van der Waals surface area contributed by atoms with Crippen molar-refractivity contribution in [2.24, 2.45) is 5.92 Å². The minimum Gasteiger partial charge on any atom is -0.460 e. The van der Waals surface area contributed by atoms with Crippen LogP contribution < -0.4 is 5.32 Å². The van der Waals surface area contributed by atoms with Crippen LogP contribution in [0, 0.1) is 5.92 Å². The summed E-state index contributed by atoms with van der Waals surface area (Å²) < 4.78 is 5.38. The minimum atomic E-state index is -0.0896. The summed E-state index contributed by atoms with van der Waals surface area (Å²) in [6.07, 6.45) is 4.74. The zero-order chi connectivity index (χ0) is 12.4. The number of hydrogen-bond acceptors (Lipinski definition) is 3. The molecule has 3 rings (SSSR count). The van der Waals surface area contributed by atoms with E-state index in [-0.39, 0.29) is 12.0 Å². The lowest BCUT2D eigenvalue weighted by atomic mass is 10.0. The number of carbonyl (C=O) groups excluding carboxylic acids is 1. The van der Waals surface area contributed by atoms with Crippen molar-refractivity contribution in [1.29, 1.82) is 0 Å². The first-order chi connectivity index (χ1) is 8.83. The molecule has 1 saturated carbocycles. The standard InChI is InChI=1S/C15H19NO2/c17-15(18-10-11-5-2-1-3-6-11)14-9-12-7-4-8-13(12)16-14/h1-3,5-6,12-14,16H,4,7-10H2/t12?,13-,14+/m1/s1. The Bertz CT molecular complexity index is 406. The predicted octanol–water partition coefficient (Wildman–Crippen LogP) is 2.26. The van der Waals surface area contributed by atoms with Gasteiger partial charge in [0.05, 0.1) is 0 Å². The van der Waals surface area contributed by atoms with Crippen LogP contribution in [0.4, 0.5) is 0 Å². The Balaban J connectivity index is 1.50. The molecule has 3 heteroatoms. The van der Waals surface area contributed by atoms with Gasteiger partial charge in [0.15, 0.2) is 0 Å². The molecule has 1 aromatic carbocycles. The van der Waals surface area contributed by atoms with E-state index in [4.69, 9.17) is 4.74 Å². The Morgan fingerprint density at radius 1 is 1.28 bits per heavy atom. The summed E-state index contributed by atoms with van der Waals surface area (Å²) in [5, 5.41) is 3.41. The maximum atomic E-state index is 12.0. The van der Waals surface area contributed by atoms with Gasteiger partial charge in [0.2, 0.25) is 0 Å². The molecule has 1 unspecified atom stereocenters. The van der Waals surface area contributed by atoms with Crippen molar-refractivity contribution in [3.05, 3.63) is 35.9 Å². The third kappa shape index (κ3) is 2.41. The highest BCUT2D eigenvalue weighted by Crippen LogP contribution is 2.34. The lowest BCUT2D eigenvalue weighted by molar-refractivity contribution is -0.147. The number of benzene rings is 1. The van der Waals surface area contributed by atoms with Gasteiger partial charge in [0.25, 0.3) is 0 Å². The van der Waals surface area contributed by atoms with Crippen LogP contribution in [0.3, 0.4) is 0 Å². The Morgan fingerprint density at radius 2 is 2.11 bits per heavy atom. The van der Waals surface area contributed by atoms with Gasteiger partial charge < -0.3 is 10.1 Å². The third-order valence-corrected chi connectivity index (χ3v) is 4.12. The van der Waals surface area contributed by atoms with Crippen LogP contribution in [0.2, 0.25) is 0 Å². The van der Waals surface area contributed by atoms with Crippen LogP contribution in [0.25, 0.3) is 0 Å². The molecule has 0 aromatic heterocycles. The van der Waals surface area contributed by atoms with E-state index in [9.17, 15) is 4.79 Å². The second-order valence-corrected chi connectivity index (χ2v) is 5.35. The maximum absolute atomic E-state index is 12.0. The summed E-state index contributed by atoms with van der Waals surface area (Å²) in [4.78, 5) is 12.0. The summed E-state index contributed by atoms with van der Waals surface area (Å²) in [6, 6.07) is 10.3. The largest absolute Gasteiger partial charge is 0.460 e. The van der Waals surface area contributed by atoms with E-state index >= 15 is 0 Å². The summed E-state index contributed by atoms with van der Waals surface area (Å²) >= 11 is 0. The fourth-order valence-electron chi connectivity index (χ4n) is 3.16. The van der Waals surface area contributed by atoms with Crippen molar-refractivity contribution < 1.29 is 9.53 Å². The lowest BCUT2D eigenvalue weighted by Crippen LogP contribution is -2.36. The SMILES string of the molecule is O=C(OCc1ccccc1)[C@@H]1CC2CCC[C@H]2N1. The highest BCUT2D eigenvalue weighted by atomic mass is 16.5. The van der Waals surface area contributed by atoms with E-state index < -0.39 is 0 Å². The molecule has 3 nitrogen and oxygen atoms in total. The second kappa shape index (κ2) is 5.11. The summed E-state index contributed by atoms with van der Waals surface area (Å²) in [7, 11) is 0. The lowest BCUT2D eigenvalue weighted by Gasteiger charge is -2.12. The average molecular weight is 245 g/mol. The smallest absolute Gasteiger partial charge is 0.323 e. The molecule has 96 valence electrons. The Kier molecular flexibility index (Phi) is 3.33. The topological polar surface area (TPSA) is 38.3 Å². The highest BCUT2D eigenvalue weighted by Gasteiger charge is 2.40. The van der Waals surface area contributed by atoms with E-state index in [1.165, 1.54) is 19.3 Å². The molecule has 2 fully saturated rings. The molecule has 3 atom stereocenters. The van der Waals surface area contributed by atoms with Crippen molar-refractivity contribution in [3.8, 4) is 0 Å². The first kappa shape index (κ1) is 11.7. The molecule has 0 bridgehead atoms. The first-order valence-corrected chi connectivity index (χ1v) is 6.79. The number of hydrogen-bond donors (Lipinski definition) is 1. The van der Waals surface area contributed by atoms with E-state index in [0.29, 0.717) is 18.6 Å². The van der Waals surface area contributed by atoms with Crippen LogP contribution in [0.5, 0.6) is 0 Å². The molecule has 1 aromatic rings. The van der Waals surface area contributed by atoms with E-state index in [1.807, 2.05) is 30.3 Å². The van der Waals surface area contributed by atoms with Crippen molar-refractivity contribution in [3.63, 3.8) is 0 Å². The Labute approximate surface area is 108 Å².